The molecule has 0 saturated carbocycles. The molecule has 0 N–H and O–H groups in total. The lowest BCUT2D eigenvalue weighted by Gasteiger charge is -2.27. The summed E-state index contributed by atoms with van der Waals surface area (Å²) < 4.78 is 6.02. The Morgan fingerprint density at radius 3 is 2.34 bits per heavy atom. The molecule has 3 heterocycles. The molecule has 2 atom stereocenters. The third-order valence-corrected chi connectivity index (χ3v) is 7.84. The van der Waals surface area contributed by atoms with Crippen LogP contribution < -0.4 is 0 Å². The van der Waals surface area contributed by atoms with Crippen molar-refractivity contribution in [1.29, 1.82) is 0 Å². The molecule has 6 heteroatoms. The van der Waals surface area contributed by atoms with Crippen molar-refractivity contribution in [1.82, 2.24) is 9.55 Å². The van der Waals surface area contributed by atoms with Crippen LogP contribution in [0.5, 0.6) is 0 Å². The number of nitrogens with zero attached hydrogens (tertiary/aromatic N) is 2. The van der Waals surface area contributed by atoms with Gasteiger partial charge in [-0.1, -0.05) is 72.8 Å². The van der Waals surface area contributed by atoms with E-state index in [-0.39, 0.29) is 5.91 Å². The molecule has 2 aliphatic heterocycles. The summed E-state index contributed by atoms with van der Waals surface area (Å²) in [5.41, 5.74) is 3.73. The lowest BCUT2D eigenvalue weighted by Crippen LogP contribution is -2.32. The van der Waals surface area contributed by atoms with E-state index in [0.717, 1.165) is 27.1 Å². The highest BCUT2D eigenvalue weighted by Gasteiger charge is 2.64. The molecule has 0 saturated heterocycles. The molecular formula is C26H18N2O3S. The van der Waals surface area contributed by atoms with E-state index in [2.05, 4.69) is 0 Å². The number of fused-ring (bicyclic) bond motifs is 5. The average Bonchev–Trinajstić information content (AvgIpc) is 3.48. The monoisotopic (exact) mass is 438 g/mol. The quantitative estimate of drug-likeness (QED) is 0.427. The minimum atomic E-state index is -0.855. The van der Waals surface area contributed by atoms with E-state index in [0.29, 0.717) is 11.4 Å². The van der Waals surface area contributed by atoms with Crippen LogP contribution in [0, 0.1) is 5.92 Å². The number of imidazole rings is 1. The second kappa shape index (κ2) is 6.93. The Balaban J connectivity index is 1.69. The summed E-state index contributed by atoms with van der Waals surface area (Å²) in [6.45, 7) is 0. The Labute approximate surface area is 188 Å². The third-order valence-electron chi connectivity index (χ3n) is 6.21. The zero-order valence-electron chi connectivity index (χ0n) is 17.2. The number of thioether (sulfide) groups is 1. The van der Waals surface area contributed by atoms with Gasteiger partial charge in [0.05, 0.1) is 29.6 Å². The fraction of sp³-hybridized carbons (Fsp3) is 0.115. The summed E-state index contributed by atoms with van der Waals surface area (Å²) in [6.07, 6.45) is 0. The first-order chi connectivity index (χ1) is 15.7. The molecule has 2 aliphatic rings. The maximum absolute atomic E-state index is 14.0. The topological polar surface area (TPSA) is 61.2 Å². The highest BCUT2D eigenvalue weighted by molar-refractivity contribution is 8.09. The summed E-state index contributed by atoms with van der Waals surface area (Å²) in [5, 5.41) is 0. The Morgan fingerprint density at radius 2 is 1.62 bits per heavy atom. The fourth-order valence-corrected chi connectivity index (χ4v) is 6.58. The number of methoxy groups -OCH3 is 1. The zero-order valence-corrected chi connectivity index (χ0v) is 18.0. The smallest absolute Gasteiger partial charge is 0.335 e. The van der Waals surface area contributed by atoms with E-state index in [1.807, 2.05) is 84.9 Å². The predicted octanol–water partition coefficient (Wildman–Crippen LogP) is 4.88. The first kappa shape index (κ1) is 19.1. The van der Waals surface area contributed by atoms with Crippen molar-refractivity contribution in [3.63, 3.8) is 0 Å². The Morgan fingerprint density at radius 1 is 0.969 bits per heavy atom. The van der Waals surface area contributed by atoms with Crippen molar-refractivity contribution in [2.75, 3.05) is 7.11 Å². The largest absolute Gasteiger partial charge is 0.466 e. The van der Waals surface area contributed by atoms with Crippen LogP contribution >= 0.6 is 11.8 Å². The van der Waals surface area contributed by atoms with Gasteiger partial charge in [0, 0.05) is 4.91 Å². The molecule has 0 bridgehead atoms. The number of carbonyl (C=O) groups excluding carboxylic acids is 2. The zero-order chi connectivity index (χ0) is 21.9. The van der Waals surface area contributed by atoms with Gasteiger partial charge in [-0.2, -0.15) is 0 Å². The maximum atomic E-state index is 14.0. The molecule has 6 rings (SSSR count). The minimum Gasteiger partial charge on any atom is -0.466 e. The maximum Gasteiger partial charge on any atom is 0.335 e. The van der Waals surface area contributed by atoms with E-state index >= 15 is 0 Å². The highest BCUT2D eigenvalue weighted by Crippen LogP contribution is 2.65. The van der Waals surface area contributed by atoms with Crippen LogP contribution in [0.2, 0.25) is 0 Å². The number of benzene rings is 3. The van der Waals surface area contributed by atoms with Crippen molar-refractivity contribution in [3.8, 4) is 0 Å². The molecule has 0 fully saturated rings. The number of para-hydroxylation sites is 2. The Bertz CT molecular complexity index is 1430. The van der Waals surface area contributed by atoms with Gasteiger partial charge in [0.15, 0.2) is 0 Å². The number of hydrogen-bond acceptors (Lipinski definition) is 5. The lowest BCUT2D eigenvalue weighted by molar-refractivity contribution is -0.136. The standard InChI is InChI=1S/C26H18N2O3S/c1-31-24(30)20-21-23(29)28-19-15-9-8-14-18(19)27-25(28)26(21,17-12-6-3-7-13-17)32-22(20)16-10-4-2-5-11-16/h2-15,21H,1H3/t21-,26-/m0/s1. The third kappa shape index (κ3) is 2.38. The van der Waals surface area contributed by atoms with Crippen LogP contribution in [0.25, 0.3) is 15.9 Å². The van der Waals surface area contributed by atoms with Gasteiger partial charge in [0.25, 0.3) is 0 Å². The molecule has 3 aromatic carbocycles. The molecule has 0 amide bonds. The van der Waals surface area contributed by atoms with Gasteiger partial charge < -0.3 is 4.74 Å². The van der Waals surface area contributed by atoms with Crippen LogP contribution in [0.15, 0.2) is 90.5 Å². The molecular weight excluding hydrogens is 420 g/mol. The van der Waals surface area contributed by atoms with Gasteiger partial charge >= 0.3 is 5.97 Å². The summed E-state index contributed by atoms with van der Waals surface area (Å²) in [4.78, 5) is 32.8. The second-order valence-electron chi connectivity index (χ2n) is 7.83. The highest BCUT2D eigenvalue weighted by atomic mass is 32.2. The van der Waals surface area contributed by atoms with E-state index in [1.54, 1.807) is 4.57 Å². The molecule has 4 aromatic rings. The molecule has 32 heavy (non-hydrogen) atoms. The number of carbonyl (C=O) groups is 2. The normalized spacial score (nSPS) is 21.7. The second-order valence-corrected chi connectivity index (χ2v) is 9.09. The number of esters is 1. The van der Waals surface area contributed by atoms with Gasteiger partial charge in [0.2, 0.25) is 5.91 Å². The van der Waals surface area contributed by atoms with E-state index < -0.39 is 16.6 Å². The first-order valence-electron chi connectivity index (χ1n) is 10.3. The van der Waals surface area contributed by atoms with Crippen LogP contribution in [-0.2, 0) is 14.3 Å². The van der Waals surface area contributed by atoms with Crippen molar-refractivity contribution >= 4 is 39.6 Å². The van der Waals surface area contributed by atoms with E-state index in [1.165, 1.54) is 18.9 Å². The molecule has 1 aromatic heterocycles. The van der Waals surface area contributed by atoms with Crippen LogP contribution in [0.3, 0.4) is 0 Å². The van der Waals surface area contributed by atoms with Gasteiger partial charge in [-0.05, 0) is 23.3 Å². The van der Waals surface area contributed by atoms with Crippen molar-refractivity contribution in [2.24, 2.45) is 5.92 Å². The number of rotatable bonds is 3. The minimum absolute atomic E-state index is 0.156. The molecule has 156 valence electrons. The molecule has 0 unspecified atom stereocenters. The molecule has 5 nitrogen and oxygen atoms in total. The number of hydrogen-bond donors (Lipinski definition) is 0. The molecule has 0 aliphatic carbocycles. The van der Waals surface area contributed by atoms with Gasteiger partial charge in [-0.25, -0.2) is 9.78 Å². The van der Waals surface area contributed by atoms with Crippen LogP contribution in [0.4, 0.5) is 0 Å². The number of aromatic nitrogens is 2. The summed E-state index contributed by atoms with van der Waals surface area (Å²) in [7, 11) is 1.36. The van der Waals surface area contributed by atoms with E-state index in [9.17, 15) is 9.59 Å². The summed E-state index contributed by atoms with van der Waals surface area (Å²) in [6, 6.07) is 27.2. The SMILES string of the molecule is COC(=O)C1=C(c2ccccc2)S[C@]2(c3ccccc3)c3nc4ccccc4n3C(=O)[C@H]12. The first-order valence-corrected chi connectivity index (χ1v) is 11.1. The lowest BCUT2D eigenvalue weighted by atomic mass is 9.81. The average molecular weight is 439 g/mol. The predicted molar refractivity (Wildman–Crippen MR) is 124 cm³/mol. The summed E-state index contributed by atoms with van der Waals surface area (Å²) in [5.74, 6) is -0.721. The van der Waals surface area contributed by atoms with Crippen molar-refractivity contribution < 1.29 is 14.3 Å². The Hall–Kier alpha value is -3.64. The molecule has 0 radical (unpaired) electrons. The van der Waals surface area contributed by atoms with Crippen molar-refractivity contribution in [2.45, 2.75) is 4.75 Å². The Kier molecular flexibility index (Phi) is 4.13. The van der Waals surface area contributed by atoms with Gasteiger partial charge in [-0.15, -0.1) is 11.8 Å². The molecule has 0 spiro atoms. The summed E-state index contributed by atoms with van der Waals surface area (Å²) >= 11 is 1.52. The fourth-order valence-electron chi connectivity index (χ4n) is 4.87. The van der Waals surface area contributed by atoms with Crippen molar-refractivity contribution in [3.05, 3.63) is 107 Å². The number of ether oxygens (including phenoxy) is 1. The van der Waals surface area contributed by atoms with Gasteiger partial charge in [0.1, 0.15) is 10.6 Å². The van der Waals surface area contributed by atoms with Crippen LogP contribution in [0.1, 0.15) is 21.7 Å². The van der Waals surface area contributed by atoms with E-state index in [4.69, 9.17) is 9.72 Å². The van der Waals surface area contributed by atoms with Gasteiger partial charge in [-0.3, -0.25) is 9.36 Å². The van der Waals surface area contributed by atoms with Crippen LogP contribution in [-0.4, -0.2) is 28.5 Å².